The summed E-state index contributed by atoms with van der Waals surface area (Å²) in [4.78, 5) is 0. The van der Waals surface area contributed by atoms with E-state index in [1.165, 1.54) is 7.11 Å². The molecule has 0 bridgehead atoms. The molecule has 0 amide bonds. The van der Waals surface area contributed by atoms with Gasteiger partial charge in [-0.1, -0.05) is 0 Å². The largest absolute Gasteiger partial charge is 0.379 e. The first-order chi connectivity index (χ1) is 4.55. The predicted molar refractivity (Wildman–Crippen MR) is 37.4 cm³/mol. The van der Waals surface area contributed by atoms with E-state index in [1.807, 2.05) is 0 Å². The van der Waals surface area contributed by atoms with Crippen LogP contribution in [0.25, 0.3) is 0 Å². The first kappa shape index (κ1) is 7.97. The first-order valence-corrected chi connectivity index (χ1v) is 4.86. The maximum absolute atomic E-state index is 10.9. The zero-order valence-corrected chi connectivity index (χ0v) is 6.60. The number of ether oxygens (including phenoxy) is 1. The minimum absolute atomic E-state index is 0.0610. The maximum Gasteiger partial charge on any atom is 0.154 e. The molecule has 5 heteroatoms. The number of hydrogen-bond acceptors (Lipinski definition) is 4. The Hall–Kier alpha value is -0.130. The van der Waals surface area contributed by atoms with E-state index in [9.17, 15) is 8.42 Å². The van der Waals surface area contributed by atoms with Gasteiger partial charge in [0.25, 0.3) is 0 Å². The van der Waals surface area contributed by atoms with Gasteiger partial charge in [-0.05, 0) is 0 Å². The number of sulfone groups is 1. The molecule has 0 aromatic heterocycles. The third kappa shape index (κ3) is 1.47. The molecule has 60 valence electrons. The Bertz CT molecular complexity index is 211. The summed E-state index contributed by atoms with van der Waals surface area (Å²) in [6.07, 6.45) is -0.301. The smallest absolute Gasteiger partial charge is 0.154 e. The Morgan fingerprint density at radius 3 is 2.30 bits per heavy atom. The van der Waals surface area contributed by atoms with Gasteiger partial charge in [0.15, 0.2) is 9.84 Å². The molecule has 4 nitrogen and oxygen atoms in total. The van der Waals surface area contributed by atoms with E-state index >= 15 is 0 Å². The molecular weight excluding hydrogens is 154 g/mol. The lowest BCUT2D eigenvalue weighted by molar-refractivity contribution is 0.110. The van der Waals surface area contributed by atoms with Crippen LogP contribution in [-0.4, -0.2) is 39.2 Å². The summed E-state index contributed by atoms with van der Waals surface area (Å²) in [5.41, 5.74) is 5.46. The molecule has 0 aliphatic carbocycles. The average molecular weight is 165 g/mol. The van der Waals surface area contributed by atoms with E-state index in [2.05, 4.69) is 0 Å². The fourth-order valence-electron chi connectivity index (χ4n) is 1.09. The van der Waals surface area contributed by atoms with Crippen LogP contribution in [-0.2, 0) is 14.6 Å². The Morgan fingerprint density at radius 1 is 1.50 bits per heavy atom. The van der Waals surface area contributed by atoms with E-state index in [0.29, 0.717) is 0 Å². The van der Waals surface area contributed by atoms with Crippen LogP contribution < -0.4 is 5.73 Å². The highest BCUT2D eigenvalue weighted by molar-refractivity contribution is 7.91. The van der Waals surface area contributed by atoms with Crippen molar-refractivity contribution in [1.29, 1.82) is 0 Å². The van der Waals surface area contributed by atoms with Crippen molar-refractivity contribution in [2.75, 3.05) is 18.6 Å². The third-order valence-electron chi connectivity index (χ3n) is 1.64. The van der Waals surface area contributed by atoms with Gasteiger partial charge < -0.3 is 10.5 Å². The van der Waals surface area contributed by atoms with Gasteiger partial charge in [0.1, 0.15) is 0 Å². The lowest BCUT2D eigenvalue weighted by atomic mass is 10.2. The van der Waals surface area contributed by atoms with E-state index in [-0.39, 0.29) is 23.7 Å². The second kappa shape index (κ2) is 2.48. The molecule has 1 saturated heterocycles. The highest BCUT2D eigenvalue weighted by Crippen LogP contribution is 2.12. The molecule has 10 heavy (non-hydrogen) atoms. The molecule has 0 saturated carbocycles. The van der Waals surface area contributed by atoms with Crippen LogP contribution in [0.1, 0.15) is 0 Å². The molecule has 0 spiro atoms. The summed E-state index contributed by atoms with van der Waals surface area (Å²) in [5, 5.41) is 0. The average Bonchev–Trinajstić information content (AvgIpc) is 2.05. The summed E-state index contributed by atoms with van der Waals surface area (Å²) in [7, 11) is -1.43. The number of hydrogen-bond donors (Lipinski definition) is 1. The number of nitrogens with two attached hydrogens (primary N) is 1. The molecule has 1 heterocycles. The van der Waals surface area contributed by atoms with Crippen molar-refractivity contribution in [3.05, 3.63) is 0 Å². The monoisotopic (exact) mass is 165 g/mol. The fraction of sp³-hybridized carbons (Fsp3) is 1.00. The highest BCUT2D eigenvalue weighted by Gasteiger charge is 2.34. The Balaban J connectivity index is 2.71. The summed E-state index contributed by atoms with van der Waals surface area (Å²) in [6, 6.07) is -0.338. The zero-order valence-electron chi connectivity index (χ0n) is 5.78. The maximum atomic E-state index is 10.9. The summed E-state index contributed by atoms with van der Waals surface area (Å²) >= 11 is 0. The molecule has 0 unspecified atom stereocenters. The van der Waals surface area contributed by atoms with E-state index in [0.717, 1.165) is 0 Å². The third-order valence-corrected chi connectivity index (χ3v) is 3.37. The molecule has 1 rings (SSSR count). The quantitative estimate of drug-likeness (QED) is 0.527. The normalized spacial score (nSPS) is 38.2. The minimum atomic E-state index is -2.91. The fourth-order valence-corrected chi connectivity index (χ4v) is 2.91. The topological polar surface area (TPSA) is 69.4 Å². The number of methoxy groups -OCH3 is 1. The van der Waals surface area contributed by atoms with Crippen molar-refractivity contribution in [2.45, 2.75) is 12.1 Å². The molecule has 0 aromatic carbocycles. The first-order valence-electron chi connectivity index (χ1n) is 3.04. The molecule has 0 aromatic rings. The Labute approximate surface area is 60.3 Å². The van der Waals surface area contributed by atoms with Crippen LogP contribution in [0, 0.1) is 0 Å². The van der Waals surface area contributed by atoms with Crippen molar-refractivity contribution in [1.82, 2.24) is 0 Å². The van der Waals surface area contributed by atoms with E-state index in [4.69, 9.17) is 10.5 Å². The van der Waals surface area contributed by atoms with Crippen molar-refractivity contribution in [2.24, 2.45) is 5.73 Å². The minimum Gasteiger partial charge on any atom is -0.379 e. The van der Waals surface area contributed by atoms with Gasteiger partial charge in [-0.25, -0.2) is 8.42 Å². The van der Waals surface area contributed by atoms with Crippen LogP contribution in [0.3, 0.4) is 0 Å². The van der Waals surface area contributed by atoms with Crippen molar-refractivity contribution >= 4 is 9.84 Å². The van der Waals surface area contributed by atoms with Gasteiger partial charge >= 0.3 is 0 Å². The standard InChI is InChI=1S/C5H11NO3S/c1-9-5-3-10(7,8)2-4(5)6/h4-5H,2-3,6H2,1H3/t4-,5-/m0/s1. The second-order valence-corrected chi connectivity index (χ2v) is 4.67. The summed E-state index contributed by atoms with van der Waals surface area (Å²) in [6.45, 7) is 0. The Morgan fingerprint density at radius 2 is 2.10 bits per heavy atom. The molecule has 1 aliphatic rings. The lowest BCUT2D eigenvalue weighted by Gasteiger charge is -2.09. The van der Waals surface area contributed by atoms with Crippen molar-refractivity contribution in [3.8, 4) is 0 Å². The van der Waals surface area contributed by atoms with Crippen molar-refractivity contribution in [3.63, 3.8) is 0 Å². The zero-order chi connectivity index (χ0) is 7.78. The molecule has 1 fully saturated rings. The van der Waals surface area contributed by atoms with E-state index < -0.39 is 9.84 Å². The molecule has 1 aliphatic heterocycles. The van der Waals surface area contributed by atoms with Crippen molar-refractivity contribution < 1.29 is 13.2 Å². The van der Waals surface area contributed by atoms with Gasteiger partial charge in [0.05, 0.1) is 17.6 Å². The molecule has 2 N–H and O–H groups in total. The van der Waals surface area contributed by atoms with Crippen LogP contribution in [0.4, 0.5) is 0 Å². The van der Waals surface area contributed by atoms with Crippen LogP contribution >= 0.6 is 0 Å². The number of rotatable bonds is 1. The van der Waals surface area contributed by atoms with Crippen LogP contribution in [0.15, 0.2) is 0 Å². The SMILES string of the molecule is CO[C@H]1CS(=O)(=O)C[C@@H]1N. The van der Waals surface area contributed by atoms with Gasteiger partial charge in [-0.3, -0.25) is 0 Å². The van der Waals surface area contributed by atoms with Gasteiger partial charge in [0, 0.05) is 13.2 Å². The van der Waals surface area contributed by atoms with Gasteiger partial charge in [-0.2, -0.15) is 0 Å². The van der Waals surface area contributed by atoms with Crippen LogP contribution in [0.2, 0.25) is 0 Å². The predicted octanol–water partition coefficient (Wildman–Crippen LogP) is -1.24. The molecular formula is C5H11NO3S. The summed E-state index contributed by atoms with van der Waals surface area (Å²) < 4.78 is 26.6. The lowest BCUT2D eigenvalue weighted by Crippen LogP contribution is -2.34. The summed E-state index contributed by atoms with van der Waals surface area (Å²) in [5.74, 6) is 0.135. The highest BCUT2D eigenvalue weighted by atomic mass is 32.2. The van der Waals surface area contributed by atoms with E-state index in [1.54, 1.807) is 0 Å². The van der Waals surface area contributed by atoms with Gasteiger partial charge in [-0.15, -0.1) is 0 Å². The van der Waals surface area contributed by atoms with Crippen LogP contribution in [0.5, 0.6) is 0 Å². The molecule has 2 atom stereocenters. The molecule has 0 radical (unpaired) electrons. The second-order valence-electron chi connectivity index (χ2n) is 2.51. The van der Waals surface area contributed by atoms with Gasteiger partial charge in [0.2, 0.25) is 0 Å². The Kier molecular flexibility index (Phi) is 1.98.